The van der Waals surface area contributed by atoms with Crippen molar-refractivity contribution >= 4 is 21.7 Å². The number of carboxylic acid groups (broad SMARTS) is 1. The monoisotopic (exact) mass is 375 g/mol. The fraction of sp³-hybridized carbons (Fsp3) is 0.316. The van der Waals surface area contributed by atoms with Crippen LogP contribution in [-0.2, 0) is 22.9 Å². The number of rotatable bonds is 5. The molecule has 0 aromatic heterocycles. The molecule has 0 aliphatic heterocycles. The minimum Gasteiger partial charge on any atom is -0.495 e. The third-order valence-corrected chi connectivity index (χ3v) is 5.99. The predicted octanol–water partition coefficient (Wildman–Crippen LogP) is 3.38. The molecule has 0 atom stereocenters. The smallest absolute Gasteiger partial charge is 0.338 e. The lowest BCUT2D eigenvalue weighted by Crippen LogP contribution is -2.19. The van der Waals surface area contributed by atoms with Crippen LogP contribution in [0, 0.1) is 6.92 Å². The standard InChI is InChI=1S/C19H21NO5S/c1-12-7-10-16(25-2)17(11-12)26(23,24)20-15-9-8-13-5-3-4-6-14(13)18(15)19(21)22/h7-11,20H,3-6H2,1-2H3,(H,21,22). The van der Waals surface area contributed by atoms with Crippen molar-refractivity contribution in [2.75, 3.05) is 11.8 Å². The van der Waals surface area contributed by atoms with Crippen molar-refractivity contribution in [2.24, 2.45) is 0 Å². The molecule has 0 radical (unpaired) electrons. The molecule has 0 saturated carbocycles. The Labute approximate surface area is 152 Å². The van der Waals surface area contributed by atoms with E-state index in [0.29, 0.717) is 6.42 Å². The maximum Gasteiger partial charge on any atom is 0.338 e. The topological polar surface area (TPSA) is 92.7 Å². The molecule has 1 aliphatic carbocycles. The van der Waals surface area contributed by atoms with Crippen molar-refractivity contribution in [3.63, 3.8) is 0 Å². The Hall–Kier alpha value is -2.54. The number of anilines is 1. The summed E-state index contributed by atoms with van der Waals surface area (Å²) in [6.45, 7) is 1.78. The number of benzene rings is 2. The first kappa shape index (κ1) is 18.3. The van der Waals surface area contributed by atoms with Crippen molar-refractivity contribution in [1.29, 1.82) is 0 Å². The summed E-state index contributed by atoms with van der Waals surface area (Å²) in [4.78, 5) is 11.8. The zero-order chi connectivity index (χ0) is 18.9. The third kappa shape index (κ3) is 3.39. The Bertz CT molecular complexity index is 966. The Morgan fingerprint density at radius 3 is 2.58 bits per heavy atom. The number of aryl methyl sites for hydroxylation is 2. The number of carboxylic acids is 1. The highest BCUT2D eigenvalue weighted by Crippen LogP contribution is 2.32. The quantitative estimate of drug-likeness (QED) is 0.836. The van der Waals surface area contributed by atoms with Crippen LogP contribution in [0.2, 0.25) is 0 Å². The SMILES string of the molecule is COc1ccc(C)cc1S(=O)(=O)Nc1ccc2c(c1C(=O)O)CCCC2. The van der Waals surface area contributed by atoms with Gasteiger partial charge < -0.3 is 9.84 Å². The second-order valence-electron chi connectivity index (χ2n) is 6.40. The predicted molar refractivity (Wildman–Crippen MR) is 98.6 cm³/mol. The molecule has 0 heterocycles. The van der Waals surface area contributed by atoms with Gasteiger partial charge in [-0.2, -0.15) is 0 Å². The number of ether oxygens (including phenoxy) is 1. The maximum absolute atomic E-state index is 12.9. The Morgan fingerprint density at radius 1 is 1.15 bits per heavy atom. The first-order chi connectivity index (χ1) is 12.3. The van der Waals surface area contributed by atoms with Crippen LogP contribution in [0.3, 0.4) is 0 Å². The molecule has 6 nitrogen and oxygen atoms in total. The van der Waals surface area contributed by atoms with Crippen LogP contribution >= 0.6 is 0 Å². The minimum atomic E-state index is -4.00. The Kier molecular flexibility index (Phi) is 4.91. The Morgan fingerprint density at radius 2 is 1.88 bits per heavy atom. The van der Waals surface area contributed by atoms with E-state index in [-0.39, 0.29) is 21.9 Å². The normalized spacial score (nSPS) is 13.8. The van der Waals surface area contributed by atoms with Crippen LogP contribution in [0.1, 0.15) is 39.9 Å². The van der Waals surface area contributed by atoms with E-state index in [0.717, 1.165) is 36.0 Å². The summed E-state index contributed by atoms with van der Waals surface area (Å²) >= 11 is 0. The second-order valence-corrected chi connectivity index (χ2v) is 8.05. The average Bonchev–Trinajstić information content (AvgIpc) is 2.60. The summed E-state index contributed by atoms with van der Waals surface area (Å²) in [5.41, 5.74) is 2.58. The van der Waals surface area contributed by atoms with Gasteiger partial charge in [-0.3, -0.25) is 4.72 Å². The minimum absolute atomic E-state index is 0.0194. The summed E-state index contributed by atoms with van der Waals surface area (Å²) in [7, 11) is -2.61. The number of nitrogens with one attached hydrogen (secondary N) is 1. The number of sulfonamides is 1. The fourth-order valence-corrected chi connectivity index (χ4v) is 4.68. The molecular formula is C19H21NO5S. The molecule has 2 N–H and O–H groups in total. The third-order valence-electron chi connectivity index (χ3n) is 4.60. The van der Waals surface area contributed by atoms with Crippen molar-refractivity contribution in [1.82, 2.24) is 0 Å². The summed E-state index contributed by atoms with van der Waals surface area (Å²) in [5, 5.41) is 9.67. The molecule has 7 heteroatoms. The fourth-order valence-electron chi connectivity index (χ4n) is 3.35. The summed E-state index contributed by atoms with van der Waals surface area (Å²) in [6, 6.07) is 8.17. The highest BCUT2D eigenvalue weighted by molar-refractivity contribution is 7.92. The van der Waals surface area contributed by atoms with E-state index in [2.05, 4.69) is 4.72 Å². The first-order valence-corrected chi connectivity index (χ1v) is 9.87. The van der Waals surface area contributed by atoms with Gasteiger partial charge in [0.1, 0.15) is 10.6 Å². The first-order valence-electron chi connectivity index (χ1n) is 8.39. The van der Waals surface area contributed by atoms with Crippen LogP contribution in [0.25, 0.3) is 0 Å². The number of carbonyl (C=O) groups is 1. The van der Waals surface area contributed by atoms with E-state index in [1.54, 1.807) is 19.1 Å². The lowest BCUT2D eigenvalue weighted by molar-refractivity contribution is 0.0696. The van der Waals surface area contributed by atoms with Crippen molar-refractivity contribution < 1.29 is 23.1 Å². The van der Waals surface area contributed by atoms with Gasteiger partial charge in [-0.25, -0.2) is 13.2 Å². The Balaban J connectivity index is 2.09. The van der Waals surface area contributed by atoms with Crippen molar-refractivity contribution in [3.05, 3.63) is 52.6 Å². The summed E-state index contributed by atoms with van der Waals surface area (Å²) in [5.74, 6) is -0.921. The van der Waals surface area contributed by atoms with Gasteiger partial charge in [0.2, 0.25) is 0 Å². The molecule has 0 amide bonds. The van der Waals surface area contributed by atoms with Crippen LogP contribution in [-0.4, -0.2) is 26.6 Å². The van der Waals surface area contributed by atoms with Crippen LogP contribution in [0.15, 0.2) is 35.2 Å². The number of hydrogen-bond donors (Lipinski definition) is 2. The van der Waals surface area contributed by atoms with Gasteiger partial charge in [-0.05, 0) is 67.5 Å². The number of methoxy groups -OCH3 is 1. The van der Waals surface area contributed by atoms with Gasteiger partial charge in [0, 0.05) is 0 Å². The second kappa shape index (κ2) is 6.99. The molecule has 0 spiro atoms. The molecule has 0 unspecified atom stereocenters. The van der Waals surface area contributed by atoms with E-state index in [9.17, 15) is 18.3 Å². The zero-order valence-corrected chi connectivity index (χ0v) is 15.5. The highest BCUT2D eigenvalue weighted by atomic mass is 32.2. The molecule has 2 aromatic carbocycles. The van der Waals surface area contributed by atoms with Gasteiger partial charge >= 0.3 is 5.97 Å². The van der Waals surface area contributed by atoms with Gasteiger partial charge in [-0.1, -0.05) is 12.1 Å². The number of hydrogen-bond acceptors (Lipinski definition) is 4. The molecular weight excluding hydrogens is 354 g/mol. The average molecular weight is 375 g/mol. The van der Waals surface area contributed by atoms with Crippen LogP contribution < -0.4 is 9.46 Å². The van der Waals surface area contributed by atoms with Crippen molar-refractivity contribution in [3.8, 4) is 5.75 Å². The summed E-state index contributed by atoms with van der Waals surface area (Å²) in [6.07, 6.45) is 3.36. The van der Waals surface area contributed by atoms with Gasteiger partial charge in [0.15, 0.2) is 0 Å². The molecule has 1 aliphatic rings. The summed E-state index contributed by atoms with van der Waals surface area (Å²) < 4.78 is 33.4. The molecule has 0 bridgehead atoms. The lowest BCUT2D eigenvalue weighted by atomic mass is 9.87. The highest BCUT2D eigenvalue weighted by Gasteiger charge is 2.26. The molecule has 26 heavy (non-hydrogen) atoms. The van der Waals surface area contributed by atoms with E-state index in [1.165, 1.54) is 19.2 Å². The van der Waals surface area contributed by atoms with Gasteiger partial charge in [0.05, 0.1) is 18.4 Å². The van der Waals surface area contributed by atoms with E-state index in [1.807, 2.05) is 6.07 Å². The lowest BCUT2D eigenvalue weighted by Gasteiger charge is -2.21. The van der Waals surface area contributed by atoms with E-state index >= 15 is 0 Å². The van der Waals surface area contributed by atoms with E-state index < -0.39 is 16.0 Å². The molecule has 0 fully saturated rings. The van der Waals surface area contributed by atoms with Gasteiger partial charge in [0.25, 0.3) is 10.0 Å². The maximum atomic E-state index is 12.9. The van der Waals surface area contributed by atoms with E-state index in [4.69, 9.17) is 4.74 Å². The number of fused-ring (bicyclic) bond motifs is 1. The molecule has 138 valence electrons. The van der Waals surface area contributed by atoms with Crippen LogP contribution in [0.4, 0.5) is 5.69 Å². The van der Waals surface area contributed by atoms with Crippen molar-refractivity contribution in [2.45, 2.75) is 37.5 Å². The number of aromatic carboxylic acids is 1. The molecule has 3 rings (SSSR count). The largest absolute Gasteiger partial charge is 0.495 e. The van der Waals surface area contributed by atoms with Crippen LogP contribution in [0.5, 0.6) is 5.75 Å². The van der Waals surface area contributed by atoms with Gasteiger partial charge in [-0.15, -0.1) is 0 Å². The molecule has 0 saturated heterocycles. The molecule has 2 aromatic rings. The zero-order valence-electron chi connectivity index (χ0n) is 14.7.